The molecule has 0 aromatic heterocycles. The van der Waals surface area contributed by atoms with Crippen LogP contribution in [0.25, 0.3) is 0 Å². The van der Waals surface area contributed by atoms with E-state index in [0.29, 0.717) is 0 Å². The lowest BCUT2D eigenvalue weighted by molar-refractivity contribution is 0.0755. The highest BCUT2D eigenvalue weighted by molar-refractivity contribution is 7.91. The average molecular weight is 415 g/mol. The third-order valence-electron chi connectivity index (χ3n) is 4.60. The molecule has 3 aromatic carbocycles. The van der Waals surface area contributed by atoms with Crippen molar-refractivity contribution < 1.29 is 22.0 Å². The highest BCUT2D eigenvalue weighted by Gasteiger charge is 2.28. The van der Waals surface area contributed by atoms with Crippen molar-refractivity contribution in [1.82, 2.24) is 4.90 Å². The minimum atomic E-state index is -4.70. The molecule has 0 saturated heterocycles. The van der Waals surface area contributed by atoms with Gasteiger partial charge in [-0.1, -0.05) is 60.7 Å². The SMILES string of the molecule is CN(C(=O)c1ccc(S(=O)(=O)C(F)F)cc1)C(c1ccccc1)c1ccccc1. The zero-order valence-corrected chi connectivity index (χ0v) is 16.4. The standard InChI is InChI=1S/C22H19F2NO3S/c1-25(20(16-8-4-2-5-9-16)17-10-6-3-7-11-17)21(26)18-12-14-19(15-13-18)29(27,28)22(23)24/h2-15,20,22H,1H3. The molecule has 0 saturated carbocycles. The molecule has 0 unspecified atom stereocenters. The zero-order chi connectivity index (χ0) is 21.0. The average Bonchev–Trinajstić information content (AvgIpc) is 2.75. The lowest BCUT2D eigenvalue weighted by Gasteiger charge is -2.29. The van der Waals surface area contributed by atoms with Crippen molar-refractivity contribution in [2.75, 3.05) is 7.05 Å². The fraction of sp³-hybridized carbons (Fsp3) is 0.136. The third kappa shape index (κ3) is 4.35. The molecular formula is C22H19F2NO3S. The number of carbonyl (C=O) groups excluding carboxylic acids is 1. The van der Waals surface area contributed by atoms with Gasteiger partial charge in [0.1, 0.15) is 0 Å². The highest BCUT2D eigenvalue weighted by atomic mass is 32.2. The van der Waals surface area contributed by atoms with Gasteiger partial charge in [0.15, 0.2) is 0 Å². The van der Waals surface area contributed by atoms with E-state index >= 15 is 0 Å². The summed E-state index contributed by atoms with van der Waals surface area (Å²) in [5.41, 5.74) is 2.02. The van der Waals surface area contributed by atoms with Crippen molar-refractivity contribution in [2.45, 2.75) is 16.7 Å². The molecule has 0 aliphatic rings. The van der Waals surface area contributed by atoms with Crippen LogP contribution in [0.2, 0.25) is 0 Å². The van der Waals surface area contributed by atoms with E-state index in [0.717, 1.165) is 23.3 Å². The Balaban J connectivity index is 1.94. The van der Waals surface area contributed by atoms with Crippen molar-refractivity contribution in [3.63, 3.8) is 0 Å². The molecule has 7 heteroatoms. The van der Waals surface area contributed by atoms with Gasteiger partial charge >= 0.3 is 5.76 Å². The van der Waals surface area contributed by atoms with Gasteiger partial charge in [0.2, 0.25) is 9.84 Å². The normalized spacial score (nSPS) is 11.6. The molecule has 0 radical (unpaired) electrons. The van der Waals surface area contributed by atoms with Crippen molar-refractivity contribution in [3.05, 3.63) is 102 Å². The van der Waals surface area contributed by atoms with Crippen molar-refractivity contribution in [3.8, 4) is 0 Å². The Morgan fingerprint density at radius 3 is 1.66 bits per heavy atom. The number of hydrogen-bond donors (Lipinski definition) is 0. The van der Waals surface area contributed by atoms with E-state index in [4.69, 9.17) is 0 Å². The van der Waals surface area contributed by atoms with Crippen LogP contribution in [0.1, 0.15) is 27.5 Å². The quantitative estimate of drug-likeness (QED) is 0.594. The van der Waals surface area contributed by atoms with E-state index in [1.165, 1.54) is 12.1 Å². The predicted molar refractivity (Wildman–Crippen MR) is 106 cm³/mol. The summed E-state index contributed by atoms with van der Waals surface area (Å²) >= 11 is 0. The Bertz CT molecular complexity index is 1030. The molecule has 0 aliphatic carbocycles. The first kappa shape index (κ1) is 20.7. The Hall–Kier alpha value is -3.06. The van der Waals surface area contributed by atoms with Gasteiger partial charge < -0.3 is 4.90 Å². The number of hydrogen-bond acceptors (Lipinski definition) is 3. The molecule has 29 heavy (non-hydrogen) atoms. The van der Waals surface area contributed by atoms with E-state index in [1.54, 1.807) is 11.9 Å². The number of sulfone groups is 1. The van der Waals surface area contributed by atoms with Crippen LogP contribution in [0.15, 0.2) is 89.8 Å². The van der Waals surface area contributed by atoms with E-state index in [1.807, 2.05) is 60.7 Å². The van der Waals surface area contributed by atoms with Gasteiger partial charge in [-0.15, -0.1) is 0 Å². The van der Waals surface area contributed by atoms with Crippen molar-refractivity contribution >= 4 is 15.7 Å². The van der Waals surface area contributed by atoms with Crippen LogP contribution >= 0.6 is 0 Å². The van der Waals surface area contributed by atoms with Crippen molar-refractivity contribution in [1.29, 1.82) is 0 Å². The first-order chi connectivity index (χ1) is 13.8. The lowest BCUT2D eigenvalue weighted by Crippen LogP contribution is -2.32. The third-order valence-corrected chi connectivity index (χ3v) is 6.00. The Morgan fingerprint density at radius 2 is 1.24 bits per heavy atom. The lowest BCUT2D eigenvalue weighted by atomic mass is 9.97. The van der Waals surface area contributed by atoms with E-state index in [2.05, 4.69) is 0 Å². The van der Waals surface area contributed by atoms with E-state index < -0.39 is 20.5 Å². The predicted octanol–water partition coefficient (Wildman–Crippen LogP) is 4.54. The second-order valence-electron chi connectivity index (χ2n) is 6.47. The Labute approximate surface area is 168 Å². The van der Waals surface area contributed by atoms with Gasteiger partial charge in [-0.3, -0.25) is 4.79 Å². The maximum atomic E-state index is 13.1. The summed E-state index contributed by atoms with van der Waals surface area (Å²) in [7, 11) is -3.05. The first-order valence-electron chi connectivity index (χ1n) is 8.81. The van der Waals surface area contributed by atoms with Gasteiger partial charge in [0.25, 0.3) is 5.91 Å². The molecule has 0 fully saturated rings. The monoisotopic (exact) mass is 415 g/mol. The molecule has 3 aromatic rings. The second-order valence-corrected chi connectivity index (χ2v) is 8.39. The first-order valence-corrected chi connectivity index (χ1v) is 10.4. The molecule has 0 bridgehead atoms. The molecule has 0 heterocycles. The minimum Gasteiger partial charge on any atom is -0.331 e. The van der Waals surface area contributed by atoms with Gasteiger partial charge in [-0.25, -0.2) is 8.42 Å². The maximum Gasteiger partial charge on any atom is 0.341 e. The van der Waals surface area contributed by atoms with Crippen LogP contribution in [0.5, 0.6) is 0 Å². The summed E-state index contributed by atoms with van der Waals surface area (Å²) in [6.45, 7) is 0. The molecule has 1 amide bonds. The summed E-state index contributed by atoms with van der Waals surface area (Å²) in [6, 6.07) is 23.2. The van der Waals surface area contributed by atoms with Crippen LogP contribution in [0.4, 0.5) is 8.78 Å². The fourth-order valence-electron chi connectivity index (χ4n) is 3.12. The fourth-order valence-corrected chi connectivity index (χ4v) is 3.84. The van der Waals surface area contributed by atoms with Gasteiger partial charge in [0, 0.05) is 12.6 Å². The number of amides is 1. The molecule has 4 nitrogen and oxygen atoms in total. The Morgan fingerprint density at radius 1 is 0.793 bits per heavy atom. The molecule has 0 atom stereocenters. The van der Waals surface area contributed by atoms with Gasteiger partial charge in [-0.05, 0) is 35.4 Å². The smallest absolute Gasteiger partial charge is 0.331 e. The summed E-state index contributed by atoms with van der Waals surface area (Å²) < 4.78 is 48.6. The molecule has 150 valence electrons. The number of benzene rings is 3. The zero-order valence-electron chi connectivity index (χ0n) is 15.6. The van der Waals surface area contributed by atoms with Gasteiger partial charge in [-0.2, -0.15) is 8.78 Å². The molecular weight excluding hydrogens is 396 g/mol. The molecule has 0 spiro atoms. The summed E-state index contributed by atoms with van der Waals surface area (Å²) in [5, 5.41) is 0. The number of rotatable bonds is 6. The number of alkyl halides is 2. The van der Waals surface area contributed by atoms with Crippen LogP contribution in [0.3, 0.4) is 0 Å². The minimum absolute atomic E-state index is 0.206. The second kappa shape index (κ2) is 8.53. The van der Waals surface area contributed by atoms with Crippen LogP contribution in [0, 0.1) is 0 Å². The van der Waals surface area contributed by atoms with Crippen molar-refractivity contribution in [2.24, 2.45) is 0 Å². The van der Waals surface area contributed by atoms with Crippen LogP contribution in [-0.2, 0) is 9.84 Å². The molecule has 0 aliphatic heterocycles. The maximum absolute atomic E-state index is 13.1. The molecule has 3 rings (SSSR count). The summed E-state index contributed by atoms with van der Waals surface area (Å²) in [6.07, 6.45) is 0. The summed E-state index contributed by atoms with van der Waals surface area (Å²) in [4.78, 5) is 14.1. The largest absolute Gasteiger partial charge is 0.341 e. The van der Waals surface area contributed by atoms with Crippen LogP contribution in [-0.4, -0.2) is 32.0 Å². The van der Waals surface area contributed by atoms with E-state index in [9.17, 15) is 22.0 Å². The summed E-state index contributed by atoms with van der Waals surface area (Å²) in [5.74, 6) is -3.86. The highest BCUT2D eigenvalue weighted by Crippen LogP contribution is 2.29. The Kier molecular flexibility index (Phi) is 6.08. The molecule has 0 N–H and O–H groups in total. The number of nitrogens with zero attached hydrogens (tertiary/aromatic N) is 1. The van der Waals surface area contributed by atoms with Crippen LogP contribution < -0.4 is 0 Å². The number of carbonyl (C=O) groups is 1. The van der Waals surface area contributed by atoms with E-state index in [-0.39, 0.29) is 17.5 Å². The topological polar surface area (TPSA) is 54.5 Å². The number of halogens is 2. The van der Waals surface area contributed by atoms with Gasteiger partial charge in [0.05, 0.1) is 10.9 Å².